The van der Waals surface area contributed by atoms with E-state index in [1.807, 2.05) is 0 Å². The van der Waals surface area contributed by atoms with Crippen LogP contribution in [0.5, 0.6) is 11.9 Å². The first-order chi connectivity index (χ1) is 47.0. The van der Waals surface area contributed by atoms with Crippen molar-refractivity contribution in [2.24, 2.45) is 11.8 Å². The Bertz CT molecular complexity index is 3670. The number of carboxylic acid groups (broad SMARTS) is 1. The number of hydrogen-bond acceptors (Lipinski definition) is 32. The normalized spacial score (nSPS) is 26.4. The number of hydrogen-bond donors (Lipinski definition) is 15. The van der Waals surface area contributed by atoms with Gasteiger partial charge in [0.1, 0.15) is 66.5 Å². The number of aliphatic hydroxyl groups is 5. The van der Waals surface area contributed by atoms with Gasteiger partial charge in [-0.1, -0.05) is 55.3 Å². The Kier molecular flexibility index (Phi) is 27.9. The molecule has 3 aromatic carbocycles. The third-order valence-electron chi connectivity index (χ3n) is 16.6. The Hall–Kier alpha value is -7.01. The van der Waals surface area contributed by atoms with E-state index in [0.717, 1.165) is 37.5 Å². The number of Topliss-reactive ketones (excluding diaryl/α,β-unsaturated/α-hetero) is 1. The summed E-state index contributed by atoms with van der Waals surface area (Å²) in [6, 6.07) is 9.38. The van der Waals surface area contributed by atoms with Gasteiger partial charge in [0.15, 0.2) is 30.6 Å². The molecule has 4 aromatic rings. The van der Waals surface area contributed by atoms with Crippen LogP contribution in [-0.4, -0.2) is 256 Å². The maximum atomic E-state index is 14.4. The van der Waals surface area contributed by atoms with Gasteiger partial charge >= 0.3 is 17.9 Å². The Morgan fingerprint density at radius 1 is 0.768 bits per heavy atom. The van der Waals surface area contributed by atoms with Crippen LogP contribution in [-0.2, 0) is 86.7 Å². The van der Waals surface area contributed by atoms with E-state index in [1.54, 1.807) is 6.07 Å². The molecule has 546 valence electrons. The van der Waals surface area contributed by atoms with Crippen molar-refractivity contribution in [1.29, 1.82) is 0 Å². The van der Waals surface area contributed by atoms with Gasteiger partial charge in [0.2, 0.25) is 17.7 Å². The SMILES string of the molecule is CC1OC(OC2C(NC(=O)c3cc(O)nc(O)n3)CC(C(=O)NCCNC(=O)COCCOCC(=O)CNc3cc(SOOO)cc4cc(S(=O)(=O)O)cc(S(=O)(=O)O)c34)CC2OC2OC(CO)C(O)C(O[C@@H](CC3CCCCC3)C(=O)O)C2OC(=O)c2ccccc2)C(O)C(O)C1O. The van der Waals surface area contributed by atoms with Gasteiger partial charge in [0.25, 0.3) is 26.1 Å². The molecule has 2 aliphatic carbocycles. The van der Waals surface area contributed by atoms with Crippen LogP contribution >= 0.6 is 12.0 Å². The molecule has 40 heteroatoms. The quantitative estimate of drug-likeness (QED) is 0.00688. The lowest BCUT2D eigenvalue weighted by Gasteiger charge is -2.48. The second-order valence-corrected chi connectivity index (χ2v) is 27.1. The lowest BCUT2D eigenvalue weighted by Crippen LogP contribution is -2.65. The summed E-state index contributed by atoms with van der Waals surface area (Å²) in [5, 5.41) is 109. The number of rotatable bonds is 33. The average Bonchev–Trinajstić information content (AvgIpc) is 0.592. The number of ketones is 1. The number of carboxylic acids is 1. The van der Waals surface area contributed by atoms with Crippen molar-refractivity contribution in [2.75, 3.05) is 58.0 Å². The van der Waals surface area contributed by atoms with Crippen LogP contribution in [0.15, 0.2) is 75.4 Å². The molecule has 15 N–H and O–H groups in total. The number of amides is 3. The number of aliphatic carboxylic acids is 1. The maximum absolute atomic E-state index is 14.4. The fraction of sp³-hybridized carbons (Fsp3) is 0.559. The summed E-state index contributed by atoms with van der Waals surface area (Å²) in [4.78, 5) is 86.6. The molecule has 0 bridgehead atoms. The summed E-state index contributed by atoms with van der Waals surface area (Å²) in [6.45, 7) is -2.27. The zero-order chi connectivity index (χ0) is 71.9. The monoisotopic (exact) mass is 1460 g/mol. The molecule has 2 aliphatic heterocycles. The molecule has 3 amide bonds. The summed E-state index contributed by atoms with van der Waals surface area (Å²) in [6.07, 6.45) is -19.8. The van der Waals surface area contributed by atoms with Crippen molar-refractivity contribution in [3.63, 3.8) is 0 Å². The average molecular weight is 1460 g/mol. The number of nitrogens with zero attached hydrogens (tertiary/aromatic N) is 2. The maximum Gasteiger partial charge on any atom is 0.338 e. The van der Waals surface area contributed by atoms with Gasteiger partial charge in [-0.05, 0) is 73.9 Å². The van der Waals surface area contributed by atoms with Gasteiger partial charge in [-0.2, -0.15) is 26.8 Å². The fourth-order valence-corrected chi connectivity index (χ4v) is 13.6. The molecule has 37 nitrogen and oxygen atoms in total. The van der Waals surface area contributed by atoms with Crippen molar-refractivity contribution in [3.05, 3.63) is 71.9 Å². The van der Waals surface area contributed by atoms with Gasteiger partial charge in [0.05, 0.1) is 67.1 Å². The number of ether oxygens (including phenoxy) is 8. The van der Waals surface area contributed by atoms with Crippen molar-refractivity contribution < 1.29 is 148 Å². The van der Waals surface area contributed by atoms with Crippen molar-refractivity contribution in [2.45, 2.75) is 159 Å². The van der Waals surface area contributed by atoms with E-state index in [4.69, 9.17) is 43.2 Å². The number of aromatic nitrogens is 2. The van der Waals surface area contributed by atoms with Crippen LogP contribution < -0.4 is 21.3 Å². The van der Waals surface area contributed by atoms with Crippen LogP contribution in [0.25, 0.3) is 10.8 Å². The Labute approximate surface area is 568 Å². The summed E-state index contributed by atoms with van der Waals surface area (Å²) in [5.41, 5.74) is -0.822. The van der Waals surface area contributed by atoms with E-state index in [2.05, 4.69) is 40.6 Å². The Morgan fingerprint density at radius 3 is 2.14 bits per heavy atom. The summed E-state index contributed by atoms with van der Waals surface area (Å²) >= 11 is 0.370. The smallest absolute Gasteiger partial charge is 0.338 e. The first-order valence-corrected chi connectivity index (χ1v) is 34.5. The van der Waals surface area contributed by atoms with Gasteiger partial charge in [-0.3, -0.25) is 28.3 Å². The van der Waals surface area contributed by atoms with Crippen LogP contribution in [0.4, 0.5) is 5.69 Å². The first-order valence-electron chi connectivity index (χ1n) is 30.9. The molecule has 99 heavy (non-hydrogen) atoms. The molecular formula is C59H76N6O31S3. The fourth-order valence-electron chi connectivity index (χ4n) is 11.8. The predicted octanol–water partition coefficient (Wildman–Crippen LogP) is -0.872. The van der Waals surface area contributed by atoms with E-state index in [9.17, 15) is 95.6 Å². The number of carbonyl (C=O) groups is 6. The first kappa shape index (κ1) is 77.7. The molecular weight excluding hydrogens is 1380 g/mol. The highest BCUT2D eigenvalue weighted by atomic mass is 32.2. The number of anilines is 1. The number of aromatic hydroxyl groups is 2. The van der Waals surface area contributed by atoms with Crippen molar-refractivity contribution in [1.82, 2.24) is 25.9 Å². The van der Waals surface area contributed by atoms with Gasteiger partial charge in [-0.15, -0.1) is 4.33 Å². The third-order valence-corrected chi connectivity index (χ3v) is 18.8. The molecule has 4 fully saturated rings. The highest BCUT2D eigenvalue weighted by Crippen LogP contribution is 2.40. The van der Waals surface area contributed by atoms with Crippen molar-refractivity contribution in [3.8, 4) is 11.9 Å². The molecule has 8 rings (SSSR count). The minimum atomic E-state index is -5.17. The van der Waals surface area contributed by atoms with Crippen LogP contribution in [0.3, 0.4) is 0 Å². The number of aliphatic hydroxyl groups excluding tert-OH is 5. The van der Waals surface area contributed by atoms with Crippen LogP contribution in [0.2, 0.25) is 0 Å². The Balaban J connectivity index is 0.954. The zero-order valence-corrected chi connectivity index (χ0v) is 55.0. The zero-order valence-electron chi connectivity index (χ0n) is 52.5. The molecule has 3 heterocycles. The number of carbonyl (C=O) groups excluding carboxylic acids is 5. The number of benzene rings is 3. The molecule has 14 unspecified atom stereocenters. The lowest BCUT2D eigenvalue weighted by molar-refractivity contribution is -0.432. The van der Waals surface area contributed by atoms with Crippen LogP contribution in [0.1, 0.15) is 79.1 Å². The summed E-state index contributed by atoms with van der Waals surface area (Å²) in [7, 11) is -10.2. The summed E-state index contributed by atoms with van der Waals surface area (Å²) < 4.78 is 121. The van der Waals surface area contributed by atoms with E-state index in [0.29, 0.717) is 31.0 Å². The van der Waals surface area contributed by atoms with Gasteiger partial charge in [-0.25, -0.2) is 14.8 Å². The largest absolute Gasteiger partial charge is 0.493 e. The molecule has 1 aromatic heterocycles. The minimum absolute atomic E-state index is 0.0254. The van der Waals surface area contributed by atoms with Gasteiger partial charge in [0, 0.05) is 41.0 Å². The molecule has 0 spiro atoms. The lowest BCUT2D eigenvalue weighted by atomic mass is 9.80. The molecule has 4 aliphatic rings. The summed E-state index contributed by atoms with van der Waals surface area (Å²) in [5.74, 6) is -7.93. The molecule has 15 atom stereocenters. The second kappa shape index (κ2) is 35.5. The molecule has 2 saturated carbocycles. The van der Waals surface area contributed by atoms with E-state index in [-0.39, 0.29) is 65.6 Å². The highest BCUT2D eigenvalue weighted by molar-refractivity contribution is 7.94. The van der Waals surface area contributed by atoms with E-state index >= 15 is 0 Å². The molecule has 0 radical (unpaired) electrons. The standard InChI is InChI=1S/C59H76N6O31S3/c1-28-46(70)48(72)49(73)57(89-28)94-50-37(63-54(75)38-23-43(68)65-59(79)64-38)19-32(20-39(50)91-58-52(93-56(78)30-10-6-3-7-11-30)51(47(71)41(25-66)92-58)90-40(55(76)77)16-29-8-4-2-5-9-29)53(74)61-13-12-60-44(69)27-88-15-14-87-26-33(67)24-62-36-21-34(97-96-95-80)17-31-18-35(98(81,82)83)22-42(45(31)36)99(84,85)86/h3,6-7,10-11,17-18,21-23,28-29,32,37,39-41,46-52,57-58,62,66,70-73,80H,2,4-5,8-9,12-16,19-20,24-27H2,1H3,(H,60,69)(H,61,74)(H,63,75)(H,76,77)(H,81,82,83)(H,84,85,86)(H2,64,65,68,79)/t28?,32?,37?,39?,40-,41?,46?,47?,48?,49?,50?,51?,52?,57?,58?/m0/s1. The molecule has 2 saturated heterocycles. The topological polar surface area (TPSA) is 559 Å². The van der Waals surface area contributed by atoms with E-state index in [1.165, 1.54) is 37.3 Å². The van der Waals surface area contributed by atoms with Crippen molar-refractivity contribution >= 4 is 84.2 Å². The number of fused-ring (bicyclic) bond motifs is 1. The highest BCUT2D eigenvalue weighted by Gasteiger charge is 2.55. The second-order valence-electron chi connectivity index (χ2n) is 23.5. The van der Waals surface area contributed by atoms with Gasteiger partial charge < -0.3 is 100 Å². The minimum Gasteiger partial charge on any atom is -0.493 e. The Morgan fingerprint density at radius 2 is 1.47 bits per heavy atom. The third kappa shape index (κ3) is 21.3. The van der Waals surface area contributed by atoms with Crippen LogP contribution in [0, 0.1) is 11.8 Å². The number of esters is 1. The predicted molar refractivity (Wildman–Crippen MR) is 332 cm³/mol. The number of nitrogens with one attached hydrogen (secondary N) is 4. The van der Waals surface area contributed by atoms with E-state index < -0.39 is 214 Å².